The quantitative estimate of drug-likeness (QED) is 0.490. The third-order valence-corrected chi connectivity index (χ3v) is 6.05. The number of rotatable bonds is 6. The van der Waals surface area contributed by atoms with E-state index in [0.29, 0.717) is 35.3 Å². The van der Waals surface area contributed by atoms with E-state index >= 15 is 0 Å². The van der Waals surface area contributed by atoms with Crippen LogP contribution in [-0.4, -0.2) is 32.2 Å². The van der Waals surface area contributed by atoms with Crippen molar-refractivity contribution in [1.29, 1.82) is 5.26 Å². The van der Waals surface area contributed by atoms with Crippen molar-refractivity contribution in [2.75, 3.05) is 31.0 Å². The van der Waals surface area contributed by atoms with E-state index in [1.807, 2.05) is 31.2 Å². The van der Waals surface area contributed by atoms with Crippen LogP contribution in [0.2, 0.25) is 0 Å². The van der Waals surface area contributed by atoms with Gasteiger partial charge in [0, 0.05) is 41.7 Å². The van der Waals surface area contributed by atoms with Crippen LogP contribution < -0.4 is 19.7 Å². The van der Waals surface area contributed by atoms with Gasteiger partial charge in [-0.2, -0.15) is 5.26 Å². The number of benzene rings is 2. The van der Waals surface area contributed by atoms with Crippen LogP contribution in [0.1, 0.15) is 51.2 Å². The molecule has 0 aromatic heterocycles. The van der Waals surface area contributed by atoms with Crippen molar-refractivity contribution in [3.05, 3.63) is 53.1 Å². The van der Waals surface area contributed by atoms with E-state index in [-0.39, 0.29) is 11.1 Å². The molecule has 2 aromatic carbocycles. The van der Waals surface area contributed by atoms with Crippen molar-refractivity contribution >= 4 is 23.4 Å². The lowest BCUT2D eigenvalue weighted by Crippen LogP contribution is -2.45. The van der Waals surface area contributed by atoms with Crippen LogP contribution in [0.3, 0.4) is 0 Å². The van der Waals surface area contributed by atoms with Crippen LogP contribution in [0.5, 0.6) is 11.5 Å². The molecule has 6 heteroatoms. The number of fused-ring (bicyclic) bond motifs is 1. The second kappa shape index (κ2) is 9.35. The molecule has 1 heterocycles. The van der Waals surface area contributed by atoms with Crippen LogP contribution in [0, 0.1) is 11.3 Å². The summed E-state index contributed by atoms with van der Waals surface area (Å²) in [5.74, 6) is 1.15. The Hall–Kier alpha value is -3.46. The SMILES string of the molecule is CCOc1cccc(NC(=O)/C(C#N)=C/c2cc3c(cc2OC)N(C)C(C)(C)CC3C)c1. The molecule has 1 amide bonds. The second-order valence-corrected chi connectivity index (χ2v) is 8.71. The average Bonchev–Trinajstić information content (AvgIpc) is 2.75. The summed E-state index contributed by atoms with van der Waals surface area (Å²) in [7, 11) is 3.69. The lowest BCUT2D eigenvalue weighted by Gasteiger charge is -2.45. The fourth-order valence-electron chi connectivity index (χ4n) is 4.23. The number of hydrogen-bond acceptors (Lipinski definition) is 5. The van der Waals surface area contributed by atoms with Crippen molar-refractivity contribution in [2.45, 2.75) is 45.6 Å². The van der Waals surface area contributed by atoms with E-state index in [1.165, 1.54) is 5.56 Å². The first-order chi connectivity index (χ1) is 15.2. The molecule has 0 radical (unpaired) electrons. The number of carbonyl (C=O) groups excluding carboxylic acids is 1. The predicted octanol–water partition coefficient (Wildman–Crippen LogP) is 5.36. The van der Waals surface area contributed by atoms with E-state index in [9.17, 15) is 10.1 Å². The van der Waals surface area contributed by atoms with Gasteiger partial charge < -0.3 is 19.7 Å². The van der Waals surface area contributed by atoms with Gasteiger partial charge in [0.15, 0.2) is 0 Å². The predicted molar refractivity (Wildman–Crippen MR) is 128 cm³/mol. The zero-order chi connectivity index (χ0) is 23.5. The molecule has 1 N–H and O–H groups in total. The molecule has 168 valence electrons. The number of ether oxygens (including phenoxy) is 2. The van der Waals surface area contributed by atoms with E-state index < -0.39 is 5.91 Å². The smallest absolute Gasteiger partial charge is 0.266 e. The van der Waals surface area contributed by atoms with Gasteiger partial charge in [0.05, 0.1) is 13.7 Å². The highest BCUT2D eigenvalue weighted by Crippen LogP contribution is 2.45. The Morgan fingerprint density at radius 1 is 1.34 bits per heavy atom. The molecule has 0 saturated carbocycles. The van der Waals surface area contributed by atoms with Gasteiger partial charge >= 0.3 is 0 Å². The number of nitriles is 1. The van der Waals surface area contributed by atoms with Gasteiger partial charge in [0.2, 0.25) is 0 Å². The summed E-state index contributed by atoms with van der Waals surface area (Å²) < 4.78 is 11.1. The zero-order valence-electron chi connectivity index (χ0n) is 19.7. The number of nitrogens with zero attached hydrogens (tertiary/aromatic N) is 2. The summed E-state index contributed by atoms with van der Waals surface area (Å²) in [6, 6.07) is 13.2. The van der Waals surface area contributed by atoms with Crippen LogP contribution in [-0.2, 0) is 4.79 Å². The minimum Gasteiger partial charge on any atom is -0.496 e. The highest BCUT2D eigenvalue weighted by molar-refractivity contribution is 6.10. The monoisotopic (exact) mass is 433 g/mol. The van der Waals surface area contributed by atoms with Crippen molar-refractivity contribution in [2.24, 2.45) is 0 Å². The normalized spacial score (nSPS) is 17.2. The van der Waals surface area contributed by atoms with Crippen molar-refractivity contribution in [1.82, 2.24) is 0 Å². The van der Waals surface area contributed by atoms with E-state index in [0.717, 1.165) is 12.1 Å². The molecular weight excluding hydrogens is 402 g/mol. The molecule has 1 atom stereocenters. The van der Waals surface area contributed by atoms with Crippen LogP contribution in [0.4, 0.5) is 11.4 Å². The van der Waals surface area contributed by atoms with Gasteiger partial charge in [0.1, 0.15) is 23.1 Å². The van der Waals surface area contributed by atoms with Crippen LogP contribution in [0.15, 0.2) is 42.0 Å². The van der Waals surface area contributed by atoms with Gasteiger partial charge in [-0.05, 0) is 62.9 Å². The molecule has 2 aromatic rings. The largest absolute Gasteiger partial charge is 0.496 e. The molecule has 0 aliphatic carbocycles. The van der Waals surface area contributed by atoms with E-state index in [2.05, 4.69) is 38.0 Å². The summed E-state index contributed by atoms with van der Waals surface area (Å²) in [6.07, 6.45) is 2.60. The Bertz CT molecular complexity index is 1080. The third kappa shape index (κ3) is 4.72. The third-order valence-electron chi connectivity index (χ3n) is 6.05. The number of hydrogen-bond donors (Lipinski definition) is 1. The summed E-state index contributed by atoms with van der Waals surface area (Å²) in [4.78, 5) is 15.1. The van der Waals surface area contributed by atoms with Crippen molar-refractivity contribution in [3.63, 3.8) is 0 Å². The lowest BCUT2D eigenvalue weighted by atomic mass is 9.80. The van der Waals surface area contributed by atoms with Gasteiger partial charge in [-0.15, -0.1) is 0 Å². The molecule has 1 unspecified atom stereocenters. The summed E-state index contributed by atoms with van der Waals surface area (Å²) in [5.41, 5.74) is 3.60. The molecule has 0 saturated heterocycles. The van der Waals surface area contributed by atoms with Gasteiger partial charge in [0.25, 0.3) is 5.91 Å². The minimum absolute atomic E-state index is 0.00205. The van der Waals surface area contributed by atoms with E-state index in [1.54, 1.807) is 31.4 Å². The standard InChI is InChI=1S/C26H31N3O3/c1-7-32-21-10-8-9-20(13-21)28-25(30)19(16-27)11-18-12-22-17(2)15-26(3,4)29(5)23(22)14-24(18)31-6/h8-14,17H,7,15H2,1-6H3,(H,28,30)/b19-11+. The topological polar surface area (TPSA) is 74.6 Å². The number of methoxy groups -OCH3 is 1. The fraction of sp³-hybridized carbons (Fsp3) is 0.385. The van der Waals surface area contributed by atoms with E-state index in [4.69, 9.17) is 9.47 Å². The highest BCUT2D eigenvalue weighted by atomic mass is 16.5. The molecule has 1 aliphatic rings. The van der Waals surface area contributed by atoms with Crippen molar-refractivity contribution < 1.29 is 14.3 Å². The maximum absolute atomic E-state index is 12.8. The fourth-order valence-corrected chi connectivity index (χ4v) is 4.23. The summed E-state index contributed by atoms with van der Waals surface area (Å²) in [6.45, 7) is 9.09. The Labute approximate surface area is 190 Å². The van der Waals surface area contributed by atoms with Crippen LogP contribution >= 0.6 is 0 Å². The second-order valence-electron chi connectivity index (χ2n) is 8.71. The summed E-state index contributed by atoms with van der Waals surface area (Å²) in [5, 5.41) is 12.5. The van der Waals surface area contributed by atoms with Crippen molar-refractivity contribution in [3.8, 4) is 17.6 Å². The highest BCUT2D eigenvalue weighted by Gasteiger charge is 2.34. The molecule has 0 bridgehead atoms. The Morgan fingerprint density at radius 2 is 2.09 bits per heavy atom. The molecule has 32 heavy (non-hydrogen) atoms. The Kier molecular flexibility index (Phi) is 6.78. The lowest BCUT2D eigenvalue weighted by molar-refractivity contribution is -0.112. The molecule has 0 spiro atoms. The van der Waals surface area contributed by atoms with Gasteiger partial charge in [-0.3, -0.25) is 4.79 Å². The van der Waals surface area contributed by atoms with Crippen LogP contribution in [0.25, 0.3) is 6.08 Å². The molecule has 0 fully saturated rings. The first-order valence-electron chi connectivity index (χ1n) is 10.8. The maximum atomic E-state index is 12.8. The Morgan fingerprint density at radius 3 is 2.75 bits per heavy atom. The first kappa shape index (κ1) is 23.2. The number of anilines is 2. The zero-order valence-corrected chi connectivity index (χ0v) is 19.7. The number of amides is 1. The molecule has 3 rings (SSSR count). The average molecular weight is 434 g/mol. The number of nitrogens with one attached hydrogen (secondary N) is 1. The first-order valence-corrected chi connectivity index (χ1v) is 10.8. The molecule has 6 nitrogen and oxygen atoms in total. The molecular formula is C26H31N3O3. The number of carbonyl (C=O) groups is 1. The van der Waals surface area contributed by atoms with Gasteiger partial charge in [-0.25, -0.2) is 0 Å². The molecule has 1 aliphatic heterocycles. The maximum Gasteiger partial charge on any atom is 0.266 e. The minimum atomic E-state index is -0.479. The van der Waals surface area contributed by atoms with Gasteiger partial charge in [-0.1, -0.05) is 13.0 Å². The Balaban J connectivity index is 1.95. The summed E-state index contributed by atoms with van der Waals surface area (Å²) >= 11 is 0.